The summed E-state index contributed by atoms with van der Waals surface area (Å²) in [4.78, 5) is 20.2. The summed E-state index contributed by atoms with van der Waals surface area (Å²) in [6.07, 6.45) is 1.34. The van der Waals surface area contributed by atoms with Gasteiger partial charge < -0.3 is 9.59 Å². The summed E-state index contributed by atoms with van der Waals surface area (Å²) < 4.78 is 0. The van der Waals surface area contributed by atoms with Crippen molar-refractivity contribution in [3.63, 3.8) is 0 Å². The van der Waals surface area contributed by atoms with Gasteiger partial charge >= 0.3 is 17.1 Å². The smallest absolute Gasteiger partial charge is 0.355 e. The first kappa shape index (κ1) is 13.6. The predicted molar refractivity (Wildman–Crippen MR) is 54.8 cm³/mol. The Hall–Kier alpha value is -1.44. The van der Waals surface area contributed by atoms with E-state index in [1.807, 2.05) is 30.3 Å². The van der Waals surface area contributed by atoms with Crippen LogP contribution in [0, 0.1) is 0 Å². The van der Waals surface area contributed by atoms with Gasteiger partial charge in [0.25, 0.3) is 0 Å². The van der Waals surface area contributed by atoms with Crippen LogP contribution in [0.2, 0.25) is 0 Å². The molecule has 0 radical (unpaired) electrons. The van der Waals surface area contributed by atoms with E-state index < -0.39 is 0 Å². The Morgan fingerprint density at radius 3 is 2.13 bits per heavy atom. The van der Waals surface area contributed by atoms with Crippen molar-refractivity contribution in [1.29, 1.82) is 0 Å². The van der Waals surface area contributed by atoms with Crippen molar-refractivity contribution in [2.45, 2.75) is 0 Å². The monoisotopic (exact) mass is 242 g/mol. The van der Waals surface area contributed by atoms with Crippen molar-refractivity contribution >= 4 is 12.6 Å². The molecule has 0 aromatic heterocycles. The third-order valence-electron chi connectivity index (χ3n) is 1.69. The number of carbonyl (C=O) groups excluding carboxylic acids is 2. The Kier molecular flexibility index (Phi) is 7.16. The molecule has 0 N–H and O–H groups in total. The van der Waals surface area contributed by atoms with E-state index in [0.29, 0.717) is 23.7 Å². The molecule has 0 aliphatic heterocycles. The van der Waals surface area contributed by atoms with Gasteiger partial charge in [0.1, 0.15) is 6.29 Å². The van der Waals surface area contributed by atoms with Crippen LogP contribution in [0.5, 0.6) is 0 Å². The van der Waals surface area contributed by atoms with Crippen LogP contribution in [0.15, 0.2) is 48.5 Å². The zero-order valence-corrected chi connectivity index (χ0v) is 9.05. The summed E-state index contributed by atoms with van der Waals surface area (Å²) in [5.74, 6) is 0. The van der Waals surface area contributed by atoms with Gasteiger partial charge in [-0.25, -0.2) is 12.1 Å². The minimum Gasteiger partial charge on any atom is -0.355 e. The average molecular weight is 242 g/mol. The number of aldehydes is 2. The van der Waals surface area contributed by atoms with Gasteiger partial charge in [0.05, 0.1) is 6.29 Å². The molecule has 2 nitrogen and oxygen atoms in total. The summed E-state index contributed by atoms with van der Waals surface area (Å²) >= 11 is 0. The summed E-state index contributed by atoms with van der Waals surface area (Å²) in [5.41, 5.74) is 0.926. The Balaban J connectivity index is 0.000000280. The summed E-state index contributed by atoms with van der Waals surface area (Å²) in [7, 11) is 0. The van der Waals surface area contributed by atoms with E-state index in [-0.39, 0.29) is 17.1 Å². The van der Waals surface area contributed by atoms with E-state index in [0.717, 1.165) is 0 Å². The van der Waals surface area contributed by atoms with Gasteiger partial charge in [-0.05, 0) is 0 Å². The summed E-state index contributed by atoms with van der Waals surface area (Å²) in [5, 5.41) is 0. The molecule has 2 rings (SSSR count). The maximum atomic E-state index is 10.1. The molecule has 0 aliphatic carbocycles. The molecule has 0 saturated carbocycles. The largest absolute Gasteiger partial charge is 2.00 e. The molecular formula is C12H10FeO2. The second kappa shape index (κ2) is 7.92. The maximum absolute atomic E-state index is 10.1. The third kappa shape index (κ3) is 4.54. The first-order valence-electron chi connectivity index (χ1n) is 4.21. The molecule has 0 heterocycles. The van der Waals surface area contributed by atoms with Crippen molar-refractivity contribution in [3.8, 4) is 0 Å². The van der Waals surface area contributed by atoms with Crippen molar-refractivity contribution in [3.05, 3.63) is 59.7 Å². The molecule has 0 unspecified atom stereocenters. The topological polar surface area (TPSA) is 34.1 Å². The zero-order valence-electron chi connectivity index (χ0n) is 7.94. The second-order valence-electron chi connectivity index (χ2n) is 2.63. The first-order chi connectivity index (χ1) is 6.88. The molecule has 0 aliphatic rings. The van der Waals surface area contributed by atoms with Gasteiger partial charge in [0.2, 0.25) is 0 Å². The van der Waals surface area contributed by atoms with Crippen LogP contribution in [0.1, 0.15) is 20.7 Å². The standard InChI is InChI=1S/C7H5O2.C5H5.Fe/c8-4-6-2-1-3-7(6)5-9;1-2-4-5-3-1;/h1-5H;1-5H;/q2*-1;+2. The Morgan fingerprint density at radius 2 is 1.80 bits per heavy atom. The van der Waals surface area contributed by atoms with Crippen LogP contribution in [-0.4, -0.2) is 12.6 Å². The van der Waals surface area contributed by atoms with E-state index >= 15 is 0 Å². The molecule has 0 saturated heterocycles. The number of hydrogen-bond donors (Lipinski definition) is 0. The van der Waals surface area contributed by atoms with Gasteiger partial charge in [-0.15, -0.1) is 11.6 Å². The number of rotatable bonds is 2. The van der Waals surface area contributed by atoms with Crippen LogP contribution < -0.4 is 0 Å². The van der Waals surface area contributed by atoms with Crippen LogP contribution in [0.3, 0.4) is 0 Å². The van der Waals surface area contributed by atoms with Crippen molar-refractivity contribution < 1.29 is 26.7 Å². The quantitative estimate of drug-likeness (QED) is 0.460. The minimum absolute atomic E-state index is 0. The van der Waals surface area contributed by atoms with Gasteiger partial charge in [-0.1, -0.05) is 5.56 Å². The number of carbonyl (C=O) groups is 2. The third-order valence-corrected chi connectivity index (χ3v) is 1.69. The Morgan fingerprint density at radius 1 is 1.13 bits per heavy atom. The molecule has 2 aromatic rings. The van der Waals surface area contributed by atoms with E-state index in [1.54, 1.807) is 18.2 Å². The van der Waals surface area contributed by atoms with Crippen molar-refractivity contribution in [1.82, 2.24) is 0 Å². The SMILES string of the molecule is O=Cc1ccc[c-]1C=O.[Fe+2].c1cc[cH-]c1. The molecule has 0 fully saturated rings. The fourth-order valence-electron chi connectivity index (χ4n) is 0.983. The molecule has 78 valence electrons. The Bertz CT molecular complexity index is 334. The molecule has 0 spiro atoms. The van der Waals surface area contributed by atoms with E-state index in [1.165, 1.54) is 0 Å². The van der Waals surface area contributed by atoms with Gasteiger partial charge in [0.15, 0.2) is 0 Å². The van der Waals surface area contributed by atoms with Crippen LogP contribution in [-0.2, 0) is 17.1 Å². The van der Waals surface area contributed by atoms with Crippen molar-refractivity contribution in [2.75, 3.05) is 0 Å². The van der Waals surface area contributed by atoms with Crippen LogP contribution in [0.4, 0.5) is 0 Å². The van der Waals surface area contributed by atoms with Gasteiger partial charge in [-0.2, -0.15) is 30.3 Å². The van der Waals surface area contributed by atoms with Crippen LogP contribution in [0.25, 0.3) is 0 Å². The first-order valence-corrected chi connectivity index (χ1v) is 4.21. The molecule has 0 bridgehead atoms. The normalized spacial score (nSPS) is 8.00. The van der Waals surface area contributed by atoms with E-state index in [2.05, 4.69) is 0 Å². The number of hydrogen-bond acceptors (Lipinski definition) is 2. The predicted octanol–water partition coefficient (Wildman–Crippen LogP) is 2.43. The summed E-state index contributed by atoms with van der Waals surface area (Å²) in [6.45, 7) is 0. The van der Waals surface area contributed by atoms with Crippen LogP contribution >= 0.6 is 0 Å². The zero-order chi connectivity index (χ0) is 10.2. The van der Waals surface area contributed by atoms with Gasteiger partial charge in [0, 0.05) is 0 Å². The Labute approximate surface area is 99.1 Å². The van der Waals surface area contributed by atoms with Crippen molar-refractivity contribution in [2.24, 2.45) is 0 Å². The van der Waals surface area contributed by atoms with E-state index in [4.69, 9.17) is 0 Å². The molecule has 2 aromatic carbocycles. The van der Waals surface area contributed by atoms with E-state index in [9.17, 15) is 9.59 Å². The molecule has 0 amide bonds. The molecular weight excluding hydrogens is 232 g/mol. The average Bonchev–Trinajstić information content (AvgIpc) is 2.91. The molecule has 3 heteroatoms. The molecule has 15 heavy (non-hydrogen) atoms. The maximum Gasteiger partial charge on any atom is 2.00 e. The molecule has 0 atom stereocenters. The summed E-state index contributed by atoms with van der Waals surface area (Å²) in [6, 6.07) is 14.9. The minimum atomic E-state index is 0. The fraction of sp³-hybridized carbons (Fsp3) is 0. The fourth-order valence-corrected chi connectivity index (χ4v) is 0.983. The second-order valence-corrected chi connectivity index (χ2v) is 2.63. The van der Waals surface area contributed by atoms with Gasteiger partial charge in [-0.3, -0.25) is 0 Å².